The highest BCUT2D eigenvalue weighted by Crippen LogP contribution is 2.26. The zero-order valence-corrected chi connectivity index (χ0v) is 15.0. The molecule has 0 amide bonds. The number of hydrogen-bond donors (Lipinski definition) is 1. The summed E-state index contributed by atoms with van der Waals surface area (Å²) in [7, 11) is 0. The molecule has 0 aliphatic carbocycles. The van der Waals surface area contributed by atoms with Gasteiger partial charge in [0.05, 0.1) is 0 Å². The summed E-state index contributed by atoms with van der Waals surface area (Å²) in [6, 6.07) is 1.35. The van der Waals surface area contributed by atoms with Gasteiger partial charge in [0, 0.05) is 31.7 Å². The van der Waals surface area contributed by atoms with Crippen molar-refractivity contribution in [1.29, 1.82) is 0 Å². The van der Waals surface area contributed by atoms with Crippen LogP contribution in [0.25, 0.3) is 0 Å². The van der Waals surface area contributed by atoms with Crippen molar-refractivity contribution in [2.75, 3.05) is 19.6 Å². The number of rotatable bonds is 6. The van der Waals surface area contributed by atoms with Gasteiger partial charge >= 0.3 is 0 Å². The lowest BCUT2D eigenvalue weighted by Crippen LogP contribution is -2.61. The summed E-state index contributed by atoms with van der Waals surface area (Å²) in [5.41, 5.74) is 0.356. The normalized spacial score (nSPS) is 27.0. The second-order valence-corrected chi connectivity index (χ2v) is 8.46. The van der Waals surface area contributed by atoms with Gasteiger partial charge in [-0.05, 0) is 30.1 Å². The Labute approximate surface area is 127 Å². The molecule has 0 aromatic rings. The first-order valence-electron chi connectivity index (χ1n) is 8.71. The van der Waals surface area contributed by atoms with Crippen LogP contribution in [0.4, 0.5) is 0 Å². The third kappa shape index (κ3) is 5.73. The molecule has 0 spiro atoms. The lowest BCUT2D eigenvalue weighted by atomic mass is 9.83. The molecule has 1 aliphatic rings. The van der Waals surface area contributed by atoms with Gasteiger partial charge in [-0.15, -0.1) is 0 Å². The van der Waals surface area contributed by atoms with E-state index in [0.29, 0.717) is 11.5 Å². The molecule has 1 rings (SSSR count). The van der Waals surface area contributed by atoms with Crippen molar-refractivity contribution in [2.24, 2.45) is 17.3 Å². The second-order valence-electron chi connectivity index (χ2n) is 8.46. The van der Waals surface area contributed by atoms with Crippen molar-refractivity contribution in [1.82, 2.24) is 10.2 Å². The van der Waals surface area contributed by atoms with Gasteiger partial charge in [-0.3, -0.25) is 4.90 Å². The predicted octanol–water partition coefficient (Wildman–Crippen LogP) is 4.16. The van der Waals surface area contributed by atoms with Crippen LogP contribution in [-0.2, 0) is 0 Å². The van der Waals surface area contributed by atoms with Crippen LogP contribution in [0.15, 0.2) is 0 Å². The number of hydrogen-bond acceptors (Lipinski definition) is 2. The third-order valence-electron chi connectivity index (χ3n) is 4.65. The Morgan fingerprint density at radius 2 is 1.85 bits per heavy atom. The molecule has 1 fully saturated rings. The van der Waals surface area contributed by atoms with Crippen molar-refractivity contribution in [3.05, 3.63) is 0 Å². The first-order chi connectivity index (χ1) is 9.24. The summed E-state index contributed by atoms with van der Waals surface area (Å²) in [4.78, 5) is 2.78. The third-order valence-corrected chi connectivity index (χ3v) is 4.65. The molecule has 0 aromatic carbocycles. The smallest absolute Gasteiger partial charge is 0.0244 e. The molecule has 0 bridgehead atoms. The average Bonchev–Trinajstić information content (AvgIpc) is 2.29. The topological polar surface area (TPSA) is 15.3 Å². The molecular formula is C18H38N2. The minimum atomic E-state index is 0.356. The van der Waals surface area contributed by atoms with Crippen LogP contribution in [0, 0.1) is 17.3 Å². The number of nitrogens with one attached hydrogen (secondary N) is 1. The summed E-state index contributed by atoms with van der Waals surface area (Å²) in [6.07, 6.45) is 3.99. The van der Waals surface area contributed by atoms with E-state index in [2.05, 4.69) is 58.7 Å². The van der Waals surface area contributed by atoms with Crippen molar-refractivity contribution < 1.29 is 0 Å². The van der Waals surface area contributed by atoms with Crippen LogP contribution >= 0.6 is 0 Å². The van der Waals surface area contributed by atoms with Crippen molar-refractivity contribution >= 4 is 0 Å². The molecule has 1 saturated heterocycles. The zero-order chi connectivity index (χ0) is 15.3. The summed E-state index contributed by atoms with van der Waals surface area (Å²) in [5, 5.41) is 3.81. The maximum absolute atomic E-state index is 3.81. The Hall–Kier alpha value is -0.0800. The fourth-order valence-electron chi connectivity index (χ4n) is 3.42. The summed E-state index contributed by atoms with van der Waals surface area (Å²) in [6.45, 7) is 20.2. The van der Waals surface area contributed by atoms with E-state index < -0.39 is 0 Å². The largest absolute Gasteiger partial charge is 0.311 e. The van der Waals surface area contributed by atoms with E-state index in [1.54, 1.807) is 0 Å². The lowest BCUT2D eigenvalue weighted by Gasteiger charge is -2.46. The summed E-state index contributed by atoms with van der Waals surface area (Å²) in [5.74, 6) is 1.62. The minimum Gasteiger partial charge on any atom is -0.311 e. The molecule has 20 heavy (non-hydrogen) atoms. The van der Waals surface area contributed by atoms with Crippen LogP contribution < -0.4 is 5.32 Å². The minimum absolute atomic E-state index is 0.356. The van der Waals surface area contributed by atoms with Gasteiger partial charge in [0.1, 0.15) is 0 Å². The quantitative estimate of drug-likeness (QED) is 0.787. The van der Waals surface area contributed by atoms with Gasteiger partial charge < -0.3 is 5.32 Å². The SMILES string of the molecule is CCCC(C)CN1CC(C(C)(C)C)NCC1CC(C)C. The number of piperazine rings is 1. The fraction of sp³-hybridized carbons (Fsp3) is 1.00. The van der Waals surface area contributed by atoms with Gasteiger partial charge in [-0.1, -0.05) is 54.9 Å². The Kier molecular flexibility index (Phi) is 7.00. The maximum Gasteiger partial charge on any atom is 0.0244 e. The highest BCUT2D eigenvalue weighted by atomic mass is 15.2. The van der Waals surface area contributed by atoms with Crippen LogP contribution in [0.2, 0.25) is 0 Å². The van der Waals surface area contributed by atoms with Gasteiger partial charge in [0.15, 0.2) is 0 Å². The van der Waals surface area contributed by atoms with Crippen LogP contribution in [-0.4, -0.2) is 36.6 Å². The van der Waals surface area contributed by atoms with Crippen molar-refractivity contribution in [3.63, 3.8) is 0 Å². The highest BCUT2D eigenvalue weighted by Gasteiger charge is 2.34. The molecule has 3 atom stereocenters. The molecule has 1 aliphatic heterocycles. The first-order valence-corrected chi connectivity index (χ1v) is 8.71. The molecule has 0 saturated carbocycles. The van der Waals surface area contributed by atoms with E-state index in [1.807, 2.05) is 0 Å². The van der Waals surface area contributed by atoms with Crippen molar-refractivity contribution in [3.8, 4) is 0 Å². The standard InChI is InChI=1S/C18H38N2/c1-8-9-15(4)12-20-13-17(18(5,6)7)19-11-16(20)10-14(2)3/h14-17,19H,8-13H2,1-7H3. The van der Waals surface area contributed by atoms with Crippen molar-refractivity contribution in [2.45, 2.75) is 79.8 Å². The van der Waals surface area contributed by atoms with E-state index in [4.69, 9.17) is 0 Å². The molecule has 3 unspecified atom stereocenters. The van der Waals surface area contributed by atoms with Crippen LogP contribution in [0.5, 0.6) is 0 Å². The monoisotopic (exact) mass is 282 g/mol. The molecule has 1 N–H and O–H groups in total. The predicted molar refractivity (Wildman–Crippen MR) is 90.1 cm³/mol. The molecule has 2 nitrogen and oxygen atoms in total. The van der Waals surface area contributed by atoms with E-state index >= 15 is 0 Å². The fourth-order valence-corrected chi connectivity index (χ4v) is 3.42. The molecule has 0 radical (unpaired) electrons. The van der Waals surface area contributed by atoms with E-state index in [0.717, 1.165) is 17.9 Å². The lowest BCUT2D eigenvalue weighted by molar-refractivity contribution is 0.0629. The maximum atomic E-state index is 3.81. The van der Waals surface area contributed by atoms with E-state index in [9.17, 15) is 0 Å². The second kappa shape index (κ2) is 7.79. The number of nitrogens with zero attached hydrogens (tertiary/aromatic N) is 1. The molecular weight excluding hydrogens is 244 g/mol. The zero-order valence-electron chi connectivity index (χ0n) is 15.0. The summed E-state index contributed by atoms with van der Waals surface area (Å²) >= 11 is 0. The Morgan fingerprint density at radius 3 is 2.35 bits per heavy atom. The first kappa shape index (κ1) is 18.0. The summed E-state index contributed by atoms with van der Waals surface area (Å²) < 4.78 is 0. The average molecular weight is 283 g/mol. The molecule has 1 heterocycles. The molecule has 2 heteroatoms. The Morgan fingerprint density at radius 1 is 1.20 bits per heavy atom. The Balaban J connectivity index is 2.67. The van der Waals surface area contributed by atoms with E-state index in [-0.39, 0.29) is 0 Å². The molecule has 120 valence electrons. The van der Waals surface area contributed by atoms with Gasteiger partial charge in [-0.2, -0.15) is 0 Å². The highest BCUT2D eigenvalue weighted by molar-refractivity contribution is 4.92. The van der Waals surface area contributed by atoms with Crippen LogP contribution in [0.1, 0.15) is 67.7 Å². The van der Waals surface area contributed by atoms with Gasteiger partial charge in [-0.25, -0.2) is 0 Å². The van der Waals surface area contributed by atoms with Crippen LogP contribution in [0.3, 0.4) is 0 Å². The Bertz CT molecular complexity index is 267. The molecule has 0 aromatic heterocycles. The van der Waals surface area contributed by atoms with Gasteiger partial charge in [0.25, 0.3) is 0 Å². The van der Waals surface area contributed by atoms with Gasteiger partial charge in [0.2, 0.25) is 0 Å². The van der Waals surface area contributed by atoms with E-state index in [1.165, 1.54) is 38.9 Å².